The predicted octanol–water partition coefficient (Wildman–Crippen LogP) is 2.57. The Hall–Kier alpha value is -1.55. The van der Waals surface area contributed by atoms with Crippen molar-refractivity contribution in [2.45, 2.75) is 27.2 Å². The van der Waals surface area contributed by atoms with Gasteiger partial charge in [0.25, 0.3) is 0 Å². The first-order valence-electron chi connectivity index (χ1n) is 7.05. The van der Waals surface area contributed by atoms with Crippen LogP contribution in [0.3, 0.4) is 0 Å². The van der Waals surface area contributed by atoms with Gasteiger partial charge in [0.2, 0.25) is 0 Å². The molecule has 0 saturated carbocycles. The molecule has 0 radical (unpaired) electrons. The molecule has 0 heterocycles. The van der Waals surface area contributed by atoms with Gasteiger partial charge in [-0.15, -0.1) is 0 Å². The first kappa shape index (κ1) is 16.5. The highest BCUT2D eigenvalue weighted by Crippen LogP contribution is 2.16. The van der Waals surface area contributed by atoms with Crippen LogP contribution in [0.5, 0.6) is 5.75 Å². The van der Waals surface area contributed by atoms with Crippen molar-refractivity contribution in [1.82, 2.24) is 4.90 Å². The maximum absolute atomic E-state index is 11.3. The van der Waals surface area contributed by atoms with Crippen molar-refractivity contribution in [3.63, 3.8) is 0 Å². The molecule has 4 heteroatoms. The maximum Gasteiger partial charge on any atom is 0.319 e. The summed E-state index contributed by atoms with van der Waals surface area (Å²) in [5, 5.41) is 0. The summed E-state index contributed by atoms with van der Waals surface area (Å²) in [5.41, 5.74) is 2.39. The van der Waals surface area contributed by atoms with Gasteiger partial charge in [-0.1, -0.05) is 13.0 Å². The van der Waals surface area contributed by atoms with Gasteiger partial charge >= 0.3 is 5.97 Å². The first-order valence-corrected chi connectivity index (χ1v) is 7.05. The molecule has 1 rings (SSSR count). The third-order valence-corrected chi connectivity index (χ3v) is 2.99. The molecule has 20 heavy (non-hydrogen) atoms. The van der Waals surface area contributed by atoms with E-state index in [0.717, 1.165) is 25.3 Å². The molecule has 0 aromatic heterocycles. The smallest absolute Gasteiger partial charge is 0.319 e. The summed E-state index contributed by atoms with van der Waals surface area (Å²) in [6, 6.07) is 6.17. The summed E-state index contributed by atoms with van der Waals surface area (Å²) in [4.78, 5) is 13.4. The second kappa shape index (κ2) is 8.59. The van der Waals surface area contributed by atoms with E-state index in [2.05, 4.69) is 31.7 Å². The average molecular weight is 279 g/mol. The number of benzene rings is 1. The van der Waals surface area contributed by atoms with Crippen molar-refractivity contribution in [2.75, 3.05) is 33.4 Å². The Labute approximate surface area is 121 Å². The first-order chi connectivity index (χ1) is 9.55. The van der Waals surface area contributed by atoms with Gasteiger partial charge in [-0.3, -0.25) is 9.69 Å². The molecule has 112 valence electrons. The third kappa shape index (κ3) is 6.06. The zero-order chi connectivity index (χ0) is 15.0. The Kier molecular flexibility index (Phi) is 7.09. The Bertz CT molecular complexity index is 411. The fraction of sp³-hybridized carbons (Fsp3) is 0.562. The minimum absolute atomic E-state index is 0.204. The number of carbonyl (C=O) groups is 1. The molecule has 0 atom stereocenters. The van der Waals surface area contributed by atoms with Gasteiger partial charge in [-0.05, 0) is 50.1 Å². The van der Waals surface area contributed by atoms with E-state index >= 15 is 0 Å². The number of esters is 1. The molecule has 0 fully saturated rings. The average Bonchev–Trinajstić information content (AvgIpc) is 2.37. The van der Waals surface area contributed by atoms with Crippen LogP contribution in [0.15, 0.2) is 18.2 Å². The van der Waals surface area contributed by atoms with E-state index in [1.54, 1.807) is 0 Å². The highest BCUT2D eigenvalue weighted by atomic mass is 16.5. The number of ether oxygens (including phenoxy) is 2. The summed E-state index contributed by atoms with van der Waals surface area (Å²) in [6.45, 7) is 8.68. The summed E-state index contributed by atoms with van der Waals surface area (Å²) in [6.07, 6.45) is 1.00. The van der Waals surface area contributed by atoms with Crippen LogP contribution in [0.4, 0.5) is 0 Å². The normalized spacial score (nSPS) is 10.7. The van der Waals surface area contributed by atoms with E-state index < -0.39 is 0 Å². The topological polar surface area (TPSA) is 38.8 Å². The molecule has 1 aromatic carbocycles. The molecule has 0 N–H and O–H groups in total. The minimum atomic E-state index is -0.204. The lowest BCUT2D eigenvalue weighted by molar-refractivity contribution is -0.142. The van der Waals surface area contributed by atoms with Crippen LogP contribution < -0.4 is 4.74 Å². The molecule has 0 unspecified atom stereocenters. The van der Waals surface area contributed by atoms with Crippen molar-refractivity contribution in [3.05, 3.63) is 29.3 Å². The number of rotatable bonds is 8. The van der Waals surface area contributed by atoms with Crippen LogP contribution in [-0.4, -0.2) is 44.2 Å². The van der Waals surface area contributed by atoms with E-state index in [4.69, 9.17) is 9.47 Å². The number of nitrogens with zero attached hydrogens (tertiary/aromatic N) is 1. The maximum atomic E-state index is 11.3. The molecule has 4 nitrogen and oxygen atoms in total. The van der Waals surface area contributed by atoms with Crippen LogP contribution in [-0.2, 0) is 9.53 Å². The van der Waals surface area contributed by atoms with Crippen LogP contribution >= 0.6 is 0 Å². The fourth-order valence-corrected chi connectivity index (χ4v) is 2.14. The molecule has 0 amide bonds. The molecule has 0 spiro atoms. The van der Waals surface area contributed by atoms with E-state index in [9.17, 15) is 4.79 Å². The largest absolute Gasteiger partial charge is 0.492 e. The number of carbonyl (C=O) groups excluding carboxylic acids is 1. The molecular formula is C16H25NO3. The number of methoxy groups -OCH3 is 1. The standard InChI is InChI=1S/C16H25NO3/c1-5-6-17(12-16(18)19-4)7-8-20-15-10-13(2)9-14(3)11-15/h9-11H,5-8,12H2,1-4H3. The molecule has 0 bridgehead atoms. The molecule has 0 aliphatic heterocycles. The lowest BCUT2D eigenvalue weighted by atomic mass is 10.1. The SMILES string of the molecule is CCCN(CCOc1cc(C)cc(C)c1)CC(=O)OC. The molecule has 0 aliphatic carbocycles. The second-order valence-electron chi connectivity index (χ2n) is 5.02. The fourth-order valence-electron chi connectivity index (χ4n) is 2.14. The second-order valence-corrected chi connectivity index (χ2v) is 5.02. The van der Waals surface area contributed by atoms with Crippen LogP contribution in [0.2, 0.25) is 0 Å². The van der Waals surface area contributed by atoms with Gasteiger partial charge < -0.3 is 9.47 Å². The van der Waals surface area contributed by atoms with Gasteiger partial charge in [-0.2, -0.15) is 0 Å². The van der Waals surface area contributed by atoms with Gasteiger partial charge in [0.15, 0.2) is 0 Å². The number of hydrogen-bond donors (Lipinski definition) is 0. The highest BCUT2D eigenvalue weighted by molar-refractivity contribution is 5.71. The van der Waals surface area contributed by atoms with Crippen molar-refractivity contribution in [2.24, 2.45) is 0 Å². The predicted molar refractivity (Wildman–Crippen MR) is 80.2 cm³/mol. The quantitative estimate of drug-likeness (QED) is 0.686. The Balaban J connectivity index is 2.44. The van der Waals surface area contributed by atoms with Crippen molar-refractivity contribution < 1.29 is 14.3 Å². The van der Waals surface area contributed by atoms with Crippen LogP contribution in [0.1, 0.15) is 24.5 Å². The van der Waals surface area contributed by atoms with Gasteiger partial charge in [0, 0.05) is 6.54 Å². The highest BCUT2D eigenvalue weighted by Gasteiger charge is 2.10. The minimum Gasteiger partial charge on any atom is -0.492 e. The monoisotopic (exact) mass is 279 g/mol. The van der Waals surface area contributed by atoms with E-state index in [0.29, 0.717) is 13.2 Å². The zero-order valence-electron chi connectivity index (χ0n) is 12.9. The van der Waals surface area contributed by atoms with Crippen LogP contribution in [0.25, 0.3) is 0 Å². The van der Waals surface area contributed by atoms with E-state index in [1.165, 1.54) is 18.2 Å². The van der Waals surface area contributed by atoms with Crippen molar-refractivity contribution >= 4 is 5.97 Å². The summed E-state index contributed by atoms with van der Waals surface area (Å²) in [7, 11) is 1.42. The van der Waals surface area contributed by atoms with Gasteiger partial charge in [-0.25, -0.2) is 0 Å². The van der Waals surface area contributed by atoms with Gasteiger partial charge in [0.05, 0.1) is 13.7 Å². The molecule has 1 aromatic rings. The Morgan fingerprint density at radius 2 is 1.80 bits per heavy atom. The zero-order valence-corrected chi connectivity index (χ0v) is 12.9. The van der Waals surface area contributed by atoms with Crippen molar-refractivity contribution in [3.8, 4) is 5.75 Å². The van der Waals surface area contributed by atoms with Crippen molar-refractivity contribution in [1.29, 1.82) is 0 Å². The summed E-state index contributed by atoms with van der Waals surface area (Å²) >= 11 is 0. The van der Waals surface area contributed by atoms with E-state index in [1.807, 2.05) is 12.1 Å². The molecule has 0 aliphatic rings. The third-order valence-electron chi connectivity index (χ3n) is 2.99. The van der Waals surface area contributed by atoms with Crippen LogP contribution in [0, 0.1) is 13.8 Å². The lowest BCUT2D eigenvalue weighted by Gasteiger charge is -2.20. The number of hydrogen-bond acceptors (Lipinski definition) is 4. The van der Waals surface area contributed by atoms with Gasteiger partial charge in [0.1, 0.15) is 12.4 Å². The summed E-state index contributed by atoms with van der Waals surface area (Å²) < 4.78 is 10.5. The van der Waals surface area contributed by atoms with E-state index in [-0.39, 0.29) is 5.97 Å². The Morgan fingerprint density at radius 3 is 2.35 bits per heavy atom. The Morgan fingerprint density at radius 1 is 1.15 bits per heavy atom. The lowest BCUT2D eigenvalue weighted by Crippen LogP contribution is -2.34. The number of aryl methyl sites for hydroxylation is 2. The molecule has 0 saturated heterocycles. The molecular weight excluding hydrogens is 254 g/mol. The summed E-state index contributed by atoms with van der Waals surface area (Å²) in [5.74, 6) is 0.682.